The molecule has 1 aromatic carbocycles. The molecule has 1 fully saturated rings. The number of halogens is 2. The summed E-state index contributed by atoms with van der Waals surface area (Å²) in [5.74, 6) is -3.00. The summed E-state index contributed by atoms with van der Waals surface area (Å²) in [7, 11) is 0. The standard InChI is InChI=1S/C16H13F2N3O2/c17-13-2-1-10(7-14(13)18)16(23)21-8-11(9-21)15(22)20-12-3-5-19-6-4-12/h1-7,11H,8-9H2,(H,19,20,22). The van der Waals surface area contributed by atoms with Gasteiger partial charge in [0.05, 0.1) is 5.92 Å². The van der Waals surface area contributed by atoms with Gasteiger partial charge in [-0.1, -0.05) is 0 Å². The summed E-state index contributed by atoms with van der Waals surface area (Å²) < 4.78 is 26.0. The number of hydrogen-bond acceptors (Lipinski definition) is 3. The molecule has 2 heterocycles. The van der Waals surface area contributed by atoms with E-state index < -0.39 is 17.5 Å². The van der Waals surface area contributed by atoms with Crippen molar-refractivity contribution in [1.29, 1.82) is 0 Å². The Hall–Kier alpha value is -2.83. The third-order valence-electron chi connectivity index (χ3n) is 3.65. The van der Waals surface area contributed by atoms with Crippen LogP contribution in [0.3, 0.4) is 0 Å². The molecule has 0 radical (unpaired) electrons. The Morgan fingerprint density at radius 1 is 1.09 bits per heavy atom. The predicted octanol–water partition coefficient (Wildman–Crippen LogP) is 2.07. The summed E-state index contributed by atoms with van der Waals surface area (Å²) in [6.45, 7) is 0.490. The maximum atomic E-state index is 13.2. The van der Waals surface area contributed by atoms with E-state index in [-0.39, 0.29) is 30.5 Å². The number of rotatable bonds is 3. The molecule has 2 aromatic rings. The summed E-state index contributed by atoms with van der Waals surface area (Å²) in [6, 6.07) is 6.34. The van der Waals surface area contributed by atoms with E-state index in [9.17, 15) is 18.4 Å². The monoisotopic (exact) mass is 317 g/mol. The molecule has 0 aliphatic carbocycles. The van der Waals surface area contributed by atoms with Gasteiger partial charge in [-0.25, -0.2) is 8.78 Å². The highest BCUT2D eigenvalue weighted by atomic mass is 19.2. The number of pyridine rings is 1. The number of anilines is 1. The van der Waals surface area contributed by atoms with Gasteiger partial charge in [0.25, 0.3) is 5.91 Å². The zero-order valence-corrected chi connectivity index (χ0v) is 12.0. The fourth-order valence-corrected chi connectivity index (χ4v) is 2.30. The van der Waals surface area contributed by atoms with Gasteiger partial charge in [0.1, 0.15) is 0 Å². The van der Waals surface area contributed by atoms with E-state index in [0.717, 1.165) is 12.1 Å². The molecule has 1 aliphatic rings. The normalized spacial score (nSPS) is 14.3. The highest BCUT2D eigenvalue weighted by Crippen LogP contribution is 2.21. The minimum absolute atomic E-state index is 0.0666. The first-order chi connectivity index (χ1) is 11.0. The SMILES string of the molecule is O=C(Nc1ccncc1)C1CN(C(=O)c2ccc(F)c(F)c2)C1. The Kier molecular flexibility index (Phi) is 4.01. The summed E-state index contributed by atoms with van der Waals surface area (Å²) >= 11 is 0. The Bertz CT molecular complexity index is 746. The average Bonchev–Trinajstić information content (AvgIpc) is 2.49. The van der Waals surface area contributed by atoms with Crippen LogP contribution in [0.25, 0.3) is 0 Å². The number of hydrogen-bond donors (Lipinski definition) is 1. The molecule has 1 saturated heterocycles. The van der Waals surface area contributed by atoms with Crippen molar-refractivity contribution < 1.29 is 18.4 Å². The van der Waals surface area contributed by atoms with Crippen LogP contribution in [0.5, 0.6) is 0 Å². The number of nitrogens with one attached hydrogen (secondary N) is 1. The maximum Gasteiger partial charge on any atom is 0.254 e. The second-order valence-corrected chi connectivity index (χ2v) is 5.26. The highest BCUT2D eigenvalue weighted by molar-refractivity contribution is 5.98. The first-order valence-electron chi connectivity index (χ1n) is 7.00. The van der Waals surface area contributed by atoms with Crippen molar-refractivity contribution >= 4 is 17.5 Å². The lowest BCUT2D eigenvalue weighted by Gasteiger charge is -2.38. The molecule has 3 rings (SSSR count). The van der Waals surface area contributed by atoms with Crippen molar-refractivity contribution in [2.45, 2.75) is 0 Å². The zero-order chi connectivity index (χ0) is 16.4. The molecule has 23 heavy (non-hydrogen) atoms. The van der Waals surface area contributed by atoms with Crippen LogP contribution in [-0.2, 0) is 4.79 Å². The van der Waals surface area contributed by atoms with Crippen molar-refractivity contribution in [1.82, 2.24) is 9.88 Å². The number of aromatic nitrogens is 1. The van der Waals surface area contributed by atoms with E-state index in [1.165, 1.54) is 11.0 Å². The largest absolute Gasteiger partial charge is 0.337 e. The van der Waals surface area contributed by atoms with Gasteiger partial charge in [-0.15, -0.1) is 0 Å². The van der Waals surface area contributed by atoms with E-state index in [1.54, 1.807) is 24.5 Å². The molecule has 5 nitrogen and oxygen atoms in total. The number of likely N-dealkylation sites (tertiary alicyclic amines) is 1. The first-order valence-corrected chi connectivity index (χ1v) is 7.00. The van der Waals surface area contributed by atoms with E-state index in [4.69, 9.17) is 0 Å². The van der Waals surface area contributed by atoms with E-state index in [0.29, 0.717) is 5.69 Å². The molecule has 0 unspecified atom stereocenters. The zero-order valence-electron chi connectivity index (χ0n) is 12.0. The summed E-state index contributed by atoms with van der Waals surface area (Å²) in [4.78, 5) is 29.4. The second-order valence-electron chi connectivity index (χ2n) is 5.26. The molecule has 118 valence electrons. The van der Waals surface area contributed by atoms with Gasteiger partial charge in [-0.05, 0) is 30.3 Å². The Labute approximate surface area is 130 Å². The quantitative estimate of drug-likeness (QED) is 0.942. The maximum absolute atomic E-state index is 13.2. The minimum atomic E-state index is -1.07. The van der Waals surface area contributed by atoms with Gasteiger partial charge in [0, 0.05) is 36.7 Å². The molecule has 0 spiro atoms. The smallest absolute Gasteiger partial charge is 0.254 e. The van der Waals surface area contributed by atoms with Crippen LogP contribution in [0, 0.1) is 17.6 Å². The van der Waals surface area contributed by atoms with Crippen LogP contribution < -0.4 is 5.32 Å². The highest BCUT2D eigenvalue weighted by Gasteiger charge is 2.36. The molecule has 2 amide bonds. The van der Waals surface area contributed by atoms with E-state index in [1.807, 2.05) is 0 Å². The van der Waals surface area contributed by atoms with Gasteiger partial charge in [-0.2, -0.15) is 0 Å². The number of carbonyl (C=O) groups excluding carboxylic acids is 2. The minimum Gasteiger partial charge on any atom is -0.337 e. The molecular weight excluding hydrogens is 304 g/mol. The summed E-state index contributed by atoms with van der Waals surface area (Å²) in [5, 5.41) is 2.73. The van der Waals surface area contributed by atoms with Crippen LogP contribution in [0.1, 0.15) is 10.4 Å². The molecule has 1 aliphatic heterocycles. The number of amides is 2. The third kappa shape index (κ3) is 3.18. The van der Waals surface area contributed by atoms with Gasteiger partial charge < -0.3 is 10.2 Å². The van der Waals surface area contributed by atoms with Crippen LogP contribution in [0.2, 0.25) is 0 Å². The van der Waals surface area contributed by atoms with Gasteiger partial charge in [0.2, 0.25) is 5.91 Å². The molecular formula is C16H13F2N3O2. The number of nitrogens with zero attached hydrogens (tertiary/aromatic N) is 2. The van der Waals surface area contributed by atoms with Crippen molar-refractivity contribution in [3.8, 4) is 0 Å². The number of benzene rings is 1. The lowest BCUT2D eigenvalue weighted by atomic mass is 9.97. The first kappa shape index (κ1) is 15.1. The lowest BCUT2D eigenvalue weighted by molar-refractivity contribution is -0.123. The average molecular weight is 317 g/mol. The fourth-order valence-electron chi connectivity index (χ4n) is 2.30. The van der Waals surface area contributed by atoms with Crippen molar-refractivity contribution in [2.75, 3.05) is 18.4 Å². The predicted molar refractivity (Wildman–Crippen MR) is 78.6 cm³/mol. The molecule has 0 atom stereocenters. The van der Waals surface area contributed by atoms with Crippen molar-refractivity contribution in [2.24, 2.45) is 5.92 Å². The lowest BCUT2D eigenvalue weighted by Crippen LogP contribution is -2.54. The third-order valence-corrected chi connectivity index (χ3v) is 3.65. The molecule has 0 bridgehead atoms. The Morgan fingerprint density at radius 2 is 1.78 bits per heavy atom. The molecule has 1 aromatic heterocycles. The summed E-state index contributed by atoms with van der Waals surface area (Å²) in [6.07, 6.45) is 3.13. The second kappa shape index (κ2) is 6.12. The van der Waals surface area contributed by atoms with Crippen molar-refractivity contribution in [3.63, 3.8) is 0 Å². The number of carbonyl (C=O) groups is 2. The topological polar surface area (TPSA) is 62.3 Å². The van der Waals surface area contributed by atoms with Crippen LogP contribution >= 0.6 is 0 Å². The van der Waals surface area contributed by atoms with Gasteiger partial charge in [-0.3, -0.25) is 14.6 Å². The van der Waals surface area contributed by atoms with E-state index in [2.05, 4.69) is 10.3 Å². The molecule has 0 saturated carbocycles. The molecule has 7 heteroatoms. The van der Waals surface area contributed by atoms with E-state index >= 15 is 0 Å². The Morgan fingerprint density at radius 3 is 2.43 bits per heavy atom. The van der Waals surface area contributed by atoms with Crippen LogP contribution in [-0.4, -0.2) is 34.8 Å². The fraction of sp³-hybridized carbons (Fsp3) is 0.188. The van der Waals surface area contributed by atoms with Gasteiger partial charge in [0.15, 0.2) is 11.6 Å². The van der Waals surface area contributed by atoms with Gasteiger partial charge >= 0.3 is 0 Å². The Balaban J connectivity index is 1.57. The van der Waals surface area contributed by atoms with Crippen LogP contribution in [0.15, 0.2) is 42.7 Å². The van der Waals surface area contributed by atoms with Crippen LogP contribution in [0.4, 0.5) is 14.5 Å². The van der Waals surface area contributed by atoms with Crippen molar-refractivity contribution in [3.05, 3.63) is 59.9 Å². The molecule has 1 N–H and O–H groups in total. The summed E-state index contributed by atoms with van der Waals surface area (Å²) in [5.41, 5.74) is 0.701.